The first kappa shape index (κ1) is 25.7. The molecule has 0 aliphatic carbocycles. The number of sulfonamides is 1. The maximum atomic E-state index is 13.6. The minimum atomic E-state index is -4.00. The highest BCUT2D eigenvalue weighted by molar-refractivity contribution is 7.99. The van der Waals surface area contributed by atoms with Gasteiger partial charge in [0, 0.05) is 36.0 Å². The molecule has 0 spiro atoms. The van der Waals surface area contributed by atoms with Gasteiger partial charge in [-0.2, -0.15) is 4.31 Å². The molecular formula is C24H32N2O5S2. The second kappa shape index (κ2) is 11.5. The summed E-state index contributed by atoms with van der Waals surface area (Å²) in [4.78, 5) is 16.2. The van der Waals surface area contributed by atoms with Crippen LogP contribution in [-0.2, 0) is 19.6 Å². The Labute approximate surface area is 200 Å². The molecule has 1 aliphatic rings. The van der Waals surface area contributed by atoms with Crippen molar-refractivity contribution in [3.05, 3.63) is 54.1 Å². The predicted octanol–water partition coefficient (Wildman–Crippen LogP) is 3.58. The minimum Gasteiger partial charge on any atom is -0.480 e. The Morgan fingerprint density at radius 2 is 1.61 bits per heavy atom. The molecule has 2 aromatic carbocycles. The van der Waals surface area contributed by atoms with Gasteiger partial charge in [0.05, 0.1) is 18.1 Å². The van der Waals surface area contributed by atoms with E-state index in [1.165, 1.54) is 5.56 Å². The lowest BCUT2D eigenvalue weighted by Crippen LogP contribution is -2.51. The Balaban J connectivity index is 1.82. The number of carbonyl (C=O) groups is 1. The molecule has 1 unspecified atom stereocenters. The summed E-state index contributed by atoms with van der Waals surface area (Å²) in [5.41, 5.74) is 1.18. The van der Waals surface area contributed by atoms with E-state index in [2.05, 4.69) is 4.90 Å². The summed E-state index contributed by atoms with van der Waals surface area (Å²) in [5.74, 6) is -1.51. The molecule has 0 bridgehead atoms. The van der Waals surface area contributed by atoms with Gasteiger partial charge in [0.15, 0.2) is 0 Å². The van der Waals surface area contributed by atoms with Crippen LogP contribution in [0.5, 0.6) is 0 Å². The van der Waals surface area contributed by atoms with Gasteiger partial charge >= 0.3 is 5.97 Å². The summed E-state index contributed by atoms with van der Waals surface area (Å²) in [6, 6.07) is 13.6. The van der Waals surface area contributed by atoms with E-state index in [1.54, 1.807) is 49.9 Å². The summed E-state index contributed by atoms with van der Waals surface area (Å²) in [6.07, 6.45) is 0. The third-order valence-electron chi connectivity index (χ3n) is 5.62. The van der Waals surface area contributed by atoms with Gasteiger partial charge in [-0.1, -0.05) is 43.3 Å². The predicted molar refractivity (Wildman–Crippen MR) is 129 cm³/mol. The topological polar surface area (TPSA) is 87.2 Å². The quantitative estimate of drug-likeness (QED) is 0.542. The van der Waals surface area contributed by atoms with E-state index in [0.29, 0.717) is 32.8 Å². The van der Waals surface area contributed by atoms with Crippen molar-refractivity contribution in [2.75, 3.05) is 39.4 Å². The van der Waals surface area contributed by atoms with Crippen molar-refractivity contribution in [1.82, 2.24) is 9.21 Å². The van der Waals surface area contributed by atoms with Crippen molar-refractivity contribution < 1.29 is 23.1 Å². The molecule has 1 heterocycles. The Kier molecular flexibility index (Phi) is 8.95. The highest BCUT2D eigenvalue weighted by Gasteiger charge is 2.38. The first-order chi connectivity index (χ1) is 15.7. The molecule has 2 aromatic rings. The van der Waals surface area contributed by atoms with Crippen molar-refractivity contribution in [3.8, 4) is 0 Å². The van der Waals surface area contributed by atoms with Crippen molar-refractivity contribution in [2.45, 2.75) is 41.5 Å². The van der Waals surface area contributed by atoms with E-state index in [0.717, 1.165) is 14.1 Å². The number of carboxylic acid groups (broad SMARTS) is 1. The van der Waals surface area contributed by atoms with Gasteiger partial charge in [-0.15, -0.1) is 0 Å². The molecule has 0 radical (unpaired) electrons. The zero-order chi connectivity index (χ0) is 24.0. The first-order valence-corrected chi connectivity index (χ1v) is 13.3. The fourth-order valence-corrected chi connectivity index (χ4v) is 6.29. The SMILES string of the molecule is Cc1ccc(Sc2ccc(S(=O)(=O)N(CCN3CCOCC3)C(C(=O)O)C(C)C)cc2)cc1. The van der Waals surface area contributed by atoms with Crippen LogP contribution in [0.4, 0.5) is 0 Å². The number of rotatable bonds is 10. The fourth-order valence-electron chi connectivity index (χ4n) is 3.77. The molecular weight excluding hydrogens is 460 g/mol. The van der Waals surface area contributed by atoms with Crippen LogP contribution in [0.3, 0.4) is 0 Å². The Bertz CT molecular complexity index is 1020. The van der Waals surface area contributed by atoms with Gasteiger partial charge in [0.2, 0.25) is 10.0 Å². The summed E-state index contributed by atoms with van der Waals surface area (Å²) in [6.45, 7) is 8.67. The van der Waals surface area contributed by atoms with Crippen LogP contribution in [0.15, 0.2) is 63.2 Å². The molecule has 180 valence electrons. The van der Waals surface area contributed by atoms with Gasteiger partial charge in [0.1, 0.15) is 6.04 Å². The van der Waals surface area contributed by atoms with E-state index in [1.807, 2.05) is 31.2 Å². The van der Waals surface area contributed by atoms with E-state index in [4.69, 9.17) is 4.74 Å². The number of ether oxygens (including phenoxy) is 1. The Morgan fingerprint density at radius 1 is 1.06 bits per heavy atom. The second-order valence-electron chi connectivity index (χ2n) is 8.48. The highest BCUT2D eigenvalue weighted by Crippen LogP contribution is 2.30. The maximum absolute atomic E-state index is 13.6. The fraction of sp³-hybridized carbons (Fsp3) is 0.458. The van der Waals surface area contributed by atoms with E-state index < -0.39 is 22.0 Å². The maximum Gasteiger partial charge on any atom is 0.322 e. The lowest BCUT2D eigenvalue weighted by molar-refractivity contribution is -0.143. The third kappa shape index (κ3) is 6.80. The Hall–Kier alpha value is -1.91. The molecule has 1 aliphatic heterocycles. The molecule has 0 amide bonds. The van der Waals surface area contributed by atoms with Crippen LogP contribution in [0.25, 0.3) is 0 Å². The Morgan fingerprint density at radius 3 is 2.12 bits per heavy atom. The highest BCUT2D eigenvalue weighted by atomic mass is 32.2. The smallest absolute Gasteiger partial charge is 0.322 e. The average molecular weight is 493 g/mol. The average Bonchev–Trinajstić information content (AvgIpc) is 2.78. The molecule has 1 atom stereocenters. The number of benzene rings is 2. The van der Waals surface area contributed by atoms with Crippen molar-refractivity contribution in [1.29, 1.82) is 0 Å². The van der Waals surface area contributed by atoms with Gasteiger partial charge in [-0.3, -0.25) is 9.69 Å². The molecule has 1 fully saturated rings. The first-order valence-electron chi connectivity index (χ1n) is 11.1. The monoisotopic (exact) mass is 492 g/mol. The molecule has 1 saturated heterocycles. The lowest BCUT2D eigenvalue weighted by atomic mass is 10.0. The van der Waals surface area contributed by atoms with Crippen LogP contribution in [-0.4, -0.2) is 74.1 Å². The van der Waals surface area contributed by atoms with Crippen LogP contribution >= 0.6 is 11.8 Å². The van der Waals surface area contributed by atoms with Gasteiger partial charge in [-0.05, 0) is 49.2 Å². The van der Waals surface area contributed by atoms with Gasteiger partial charge in [-0.25, -0.2) is 8.42 Å². The number of aliphatic carboxylic acids is 1. The third-order valence-corrected chi connectivity index (χ3v) is 8.53. The lowest BCUT2D eigenvalue weighted by Gasteiger charge is -2.33. The summed E-state index contributed by atoms with van der Waals surface area (Å²) in [7, 11) is -4.00. The van der Waals surface area contributed by atoms with Gasteiger partial charge < -0.3 is 9.84 Å². The number of nitrogens with zero attached hydrogens (tertiary/aromatic N) is 2. The normalized spacial score (nSPS) is 16.3. The van der Waals surface area contributed by atoms with Crippen LogP contribution < -0.4 is 0 Å². The zero-order valence-electron chi connectivity index (χ0n) is 19.3. The van der Waals surface area contributed by atoms with E-state index in [-0.39, 0.29) is 17.4 Å². The van der Waals surface area contributed by atoms with Crippen molar-refractivity contribution in [3.63, 3.8) is 0 Å². The molecule has 0 saturated carbocycles. The van der Waals surface area contributed by atoms with Crippen LogP contribution in [0.2, 0.25) is 0 Å². The van der Waals surface area contributed by atoms with Crippen molar-refractivity contribution >= 4 is 27.8 Å². The number of hydrogen-bond donors (Lipinski definition) is 1. The minimum absolute atomic E-state index is 0.102. The van der Waals surface area contributed by atoms with Crippen LogP contribution in [0.1, 0.15) is 19.4 Å². The number of hydrogen-bond acceptors (Lipinski definition) is 6. The zero-order valence-corrected chi connectivity index (χ0v) is 20.9. The largest absolute Gasteiger partial charge is 0.480 e. The number of carboxylic acids is 1. The van der Waals surface area contributed by atoms with E-state index in [9.17, 15) is 18.3 Å². The number of aryl methyl sites for hydroxylation is 1. The molecule has 3 rings (SSSR count). The number of morpholine rings is 1. The van der Waals surface area contributed by atoms with Crippen molar-refractivity contribution in [2.24, 2.45) is 5.92 Å². The standard InChI is InChI=1S/C24H32N2O5S2/c1-18(2)23(24(27)28)26(13-12-25-14-16-31-17-15-25)33(29,30)22-10-8-21(9-11-22)32-20-6-4-19(3)5-7-20/h4-11,18,23H,12-17H2,1-3H3,(H,27,28). The molecule has 1 N–H and O–H groups in total. The summed E-state index contributed by atoms with van der Waals surface area (Å²) in [5, 5.41) is 9.85. The molecule has 33 heavy (non-hydrogen) atoms. The van der Waals surface area contributed by atoms with Gasteiger partial charge in [0.25, 0.3) is 0 Å². The molecule has 7 nitrogen and oxygen atoms in total. The summed E-state index contributed by atoms with van der Waals surface area (Å²) < 4.78 is 33.7. The second-order valence-corrected chi connectivity index (χ2v) is 11.5. The molecule has 9 heteroatoms. The summed E-state index contributed by atoms with van der Waals surface area (Å²) >= 11 is 1.55. The van der Waals surface area contributed by atoms with Crippen LogP contribution in [0, 0.1) is 12.8 Å². The van der Waals surface area contributed by atoms with E-state index >= 15 is 0 Å². The molecule has 0 aromatic heterocycles.